The first-order valence-corrected chi connectivity index (χ1v) is 10.4. The average molecular weight is 403 g/mol. The van der Waals surface area contributed by atoms with Crippen LogP contribution < -0.4 is 10.6 Å². The molecule has 3 atom stereocenters. The smallest absolute Gasteiger partial charge is 0.325 e. The van der Waals surface area contributed by atoms with Crippen LogP contribution in [-0.2, 0) is 19.7 Å². The second kappa shape index (κ2) is 9.90. The lowest BCUT2D eigenvalue weighted by atomic mass is 9.78. The summed E-state index contributed by atoms with van der Waals surface area (Å²) in [5.41, 5.74) is 1.61. The predicted octanol–water partition coefficient (Wildman–Crippen LogP) is 3.20. The van der Waals surface area contributed by atoms with E-state index in [1.165, 1.54) is 6.42 Å². The number of nitrogens with one attached hydrogen (secondary N) is 2. The fraction of sp³-hybridized carbons (Fsp3) is 0.609. The molecule has 29 heavy (non-hydrogen) atoms. The van der Waals surface area contributed by atoms with Crippen molar-refractivity contribution in [3.63, 3.8) is 0 Å². The van der Waals surface area contributed by atoms with Crippen molar-refractivity contribution >= 4 is 17.8 Å². The standard InChI is InChI=1S/C23H34N2O4/c1-15-7-6-8-19(16(15)2)25-20(26)14-29-21(27)13-24-22(28)17-9-11-18(12-10-17)23(3,4)5/h9-12,15-16,19H,6-8,13-14H2,1-5H3,(H,24,28)(H,25,26)/t15-,16-,19+/m1/s1. The molecule has 2 N–H and O–H groups in total. The van der Waals surface area contributed by atoms with Gasteiger partial charge in [0.25, 0.3) is 11.8 Å². The van der Waals surface area contributed by atoms with E-state index in [0.717, 1.165) is 18.4 Å². The molecule has 0 saturated heterocycles. The van der Waals surface area contributed by atoms with Gasteiger partial charge in [0.15, 0.2) is 6.61 Å². The summed E-state index contributed by atoms with van der Waals surface area (Å²) in [6.45, 7) is 10.0. The molecular weight excluding hydrogens is 368 g/mol. The van der Waals surface area contributed by atoms with Crippen molar-refractivity contribution in [1.29, 1.82) is 0 Å². The molecule has 1 aliphatic carbocycles. The molecule has 0 unspecified atom stereocenters. The Kier molecular flexibility index (Phi) is 7.82. The van der Waals surface area contributed by atoms with Crippen LogP contribution >= 0.6 is 0 Å². The van der Waals surface area contributed by atoms with Crippen LogP contribution in [0.1, 0.15) is 69.8 Å². The number of hydrogen-bond donors (Lipinski definition) is 2. The van der Waals surface area contributed by atoms with Crippen LogP contribution in [0.2, 0.25) is 0 Å². The third-order valence-electron chi connectivity index (χ3n) is 5.82. The molecule has 2 rings (SSSR count). The zero-order valence-electron chi connectivity index (χ0n) is 18.2. The highest BCUT2D eigenvalue weighted by atomic mass is 16.5. The van der Waals surface area contributed by atoms with E-state index in [9.17, 15) is 14.4 Å². The van der Waals surface area contributed by atoms with Crippen LogP contribution in [0.25, 0.3) is 0 Å². The zero-order chi connectivity index (χ0) is 21.6. The Labute approximate surface area is 173 Å². The van der Waals surface area contributed by atoms with E-state index in [0.29, 0.717) is 17.4 Å². The highest BCUT2D eigenvalue weighted by molar-refractivity contribution is 5.96. The Bertz CT molecular complexity index is 721. The maximum atomic E-state index is 12.2. The van der Waals surface area contributed by atoms with Crippen LogP contribution in [0.5, 0.6) is 0 Å². The van der Waals surface area contributed by atoms with Gasteiger partial charge in [-0.1, -0.05) is 59.6 Å². The van der Waals surface area contributed by atoms with Crippen molar-refractivity contribution in [3.8, 4) is 0 Å². The summed E-state index contributed by atoms with van der Waals surface area (Å²) in [5, 5.41) is 5.49. The fourth-order valence-electron chi connectivity index (χ4n) is 3.61. The van der Waals surface area contributed by atoms with Crippen LogP contribution in [0.3, 0.4) is 0 Å². The minimum Gasteiger partial charge on any atom is -0.454 e. The molecule has 0 aliphatic heterocycles. The van der Waals surface area contributed by atoms with Gasteiger partial charge >= 0.3 is 5.97 Å². The molecule has 160 valence electrons. The van der Waals surface area contributed by atoms with E-state index < -0.39 is 5.97 Å². The number of carbonyl (C=O) groups excluding carboxylic acids is 3. The molecule has 0 radical (unpaired) electrons. The highest BCUT2D eigenvalue weighted by Crippen LogP contribution is 2.29. The monoisotopic (exact) mass is 402 g/mol. The molecule has 0 spiro atoms. The van der Waals surface area contributed by atoms with Gasteiger partial charge in [-0.25, -0.2) is 0 Å². The lowest BCUT2D eigenvalue weighted by Gasteiger charge is -2.34. The van der Waals surface area contributed by atoms with E-state index in [4.69, 9.17) is 4.74 Å². The van der Waals surface area contributed by atoms with Gasteiger partial charge in [-0.05, 0) is 41.4 Å². The van der Waals surface area contributed by atoms with E-state index in [1.54, 1.807) is 12.1 Å². The number of esters is 1. The van der Waals surface area contributed by atoms with Crippen LogP contribution in [0, 0.1) is 11.8 Å². The van der Waals surface area contributed by atoms with Gasteiger partial charge in [0.1, 0.15) is 6.54 Å². The third kappa shape index (κ3) is 6.87. The van der Waals surface area contributed by atoms with Crippen LogP contribution in [0.15, 0.2) is 24.3 Å². The Morgan fingerprint density at radius 1 is 1.07 bits per heavy atom. The van der Waals surface area contributed by atoms with Crippen molar-refractivity contribution < 1.29 is 19.1 Å². The second-order valence-corrected chi connectivity index (χ2v) is 9.11. The predicted molar refractivity (Wildman–Crippen MR) is 113 cm³/mol. The van der Waals surface area contributed by atoms with Crippen molar-refractivity contribution in [1.82, 2.24) is 10.6 Å². The molecule has 6 heteroatoms. The summed E-state index contributed by atoms with van der Waals surface area (Å²) in [6, 6.07) is 7.41. The number of rotatable bonds is 6. The van der Waals surface area contributed by atoms with Crippen LogP contribution in [-0.4, -0.2) is 37.0 Å². The Morgan fingerprint density at radius 2 is 1.72 bits per heavy atom. The minimum absolute atomic E-state index is 0.00679. The first-order valence-electron chi connectivity index (χ1n) is 10.4. The summed E-state index contributed by atoms with van der Waals surface area (Å²) in [4.78, 5) is 36.1. The Balaban J connectivity index is 1.72. The molecule has 1 saturated carbocycles. The van der Waals surface area contributed by atoms with Gasteiger partial charge < -0.3 is 15.4 Å². The van der Waals surface area contributed by atoms with E-state index in [-0.39, 0.29) is 36.4 Å². The van der Waals surface area contributed by atoms with Crippen molar-refractivity contribution in [2.24, 2.45) is 11.8 Å². The zero-order valence-corrected chi connectivity index (χ0v) is 18.2. The van der Waals surface area contributed by atoms with E-state index in [2.05, 4.69) is 45.3 Å². The average Bonchev–Trinajstić information content (AvgIpc) is 2.67. The molecule has 2 amide bonds. The second-order valence-electron chi connectivity index (χ2n) is 9.11. The number of ether oxygens (including phenoxy) is 1. The molecular formula is C23H34N2O4. The summed E-state index contributed by atoms with van der Waals surface area (Å²) in [5.74, 6) is -0.299. The SMILES string of the molecule is C[C@@H]1[C@H](C)CCC[C@@H]1NC(=O)COC(=O)CNC(=O)c1ccc(C(C)(C)C)cc1. The van der Waals surface area contributed by atoms with E-state index in [1.807, 2.05) is 12.1 Å². The third-order valence-corrected chi connectivity index (χ3v) is 5.82. The number of carbonyl (C=O) groups is 3. The number of amides is 2. The molecule has 0 heterocycles. The highest BCUT2D eigenvalue weighted by Gasteiger charge is 2.28. The minimum atomic E-state index is -0.634. The molecule has 1 fully saturated rings. The van der Waals surface area contributed by atoms with Gasteiger partial charge in [-0.3, -0.25) is 14.4 Å². The molecule has 1 aromatic rings. The summed E-state index contributed by atoms with van der Waals surface area (Å²) < 4.78 is 4.99. The first kappa shape index (κ1) is 22.9. The van der Waals surface area contributed by atoms with Crippen molar-refractivity contribution in [2.45, 2.75) is 65.3 Å². The molecule has 1 aromatic carbocycles. The molecule has 0 bridgehead atoms. The lowest BCUT2D eigenvalue weighted by molar-refractivity contribution is -0.147. The number of hydrogen-bond acceptors (Lipinski definition) is 4. The Morgan fingerprint density at radius 3 is 2.34 bits per heavy atom. The van der Waals surface area contributed by atoms with Crippen LogP contribution in [0.4, 0.5) is 0 Å². The normalized spacial score (nSPS) is 21.9. The quantitative estimate of drug-likeness (QED) is 0.716. The number of benzene rings is 1. The van der Waals surface area contributed by atoms with E-state index >= 15 is 0 Å². The van der Waals surface area contributed by atoms with Crippen molar-refractivity contribution in [2.75, 3.05) is 13.2 Å². The maximum absolute atomic E-state index is 12.2. The topological polar surface area (TPSA) is 84.5 Å². The van der Waals surface area contributed by atoms with Gasteiger partial charge in [-0.15, -0.1) is 0 Å². The molecule has 6 nitrogen and oxygen atoms in total. The Hall–Kier alpha value is -2.37. The summed E-state index contributed by atoms with van der Waals surface area (Å²) in [7, 11) is 0. The fourth-order valence-corrected chi connectivity index (χ4v) is 3.61. The maximum Gasteiger partial charge on any atom is 0.325 e. The largest absolute Gasteiger partial charge is 0.454 e. The van der Waals surface area contributed by atoms with Gasteiger partial charge in [0.05, 0.1) is 0 Å². The van der Waals surface area contributed by atoms with Gasteiger partial charge in [0, 0.05) is 11.6 Å². The lowest BCUT2D eigenvalue weighted by Crippen LogP contribution is -2.45. The van der Waals surface area contributed by atoms with Crippen molar-refractivity contribution in [3.05, 3.63) is 35.4 Å². The summed E-state index contributed by atoms with van der Waals surface area (Å²) >= 11 is 0. The summed E-state index contributed by atoms with van der Waals surface area (Å²) in [6.07, 6.45) is 3.23. The molecule has 1 aliphatic rings. The van der Waals surface area contributed by atoms with Gasteiger partial charge in [-0.2, -0.15) is 0 Å². The van der Waals surface area contributed by atoms with Gasteiger partial charge in [0.2, 0.25) is 0 Å². The molecule has 0 aromatic heterocycles. The first-order chi connectivity index (χ1) is 13.6.